The topological polar surface area (TPSA) is 83.5 Å². The lowest BCUT2D eigenvalue weighted by Gasteiger charge is -2.04. The maximum atomic E-state index is 11.4. The molecule has 1 aromatic rings. The van der Waals surface area contributed by atoms with Crippen LogP contribution >= 0.6 is 11.6 Å². The molecule has 0 unspecified atom stereocenters. The van der Waals surface area contributed by atoms with Crippen LogP contribution in [0.15, 0.2) is 23.1 Å². The van der Waals surface area contributed by atoms with Gasteiger partial charge < -0.3 is 5.11 Å². The fourth-order valence-electron chi connectivity index (χ4n) is 0.959. The Balaban J connectivity index is 3.40. The third-order valence-corrected chi connectivity index (χ3v) is 3.31. The average Bonchev–Trinajstić information content (AvgIpc) is 2.16. The molecular formula is C8H8ClNO4S. The van der Waals surface area contributed by atoms with Gasteiger partial charge in [0.1, 0.15) is 0 Å². The summed E-state index contributed by atoms with van der Waals surface area (Å²) in [5.74, 6) is -1.23. The highest BCUT2D eigenvalue weighted by Crippen LogP contribution is 2.18. The van der Waals surface area contributed by atoms with Crippen LogP contribution < -0.4 is 4.72 Å². The van der Waals surface area contributed by atoms with Crippen molar-refractivity contribution in [2.75, 3.05) is 7.05 Å². The van der Waals surface area contributed by atoms with Crippen molar-refractivity contribution in [3.8, 4) is 0 Å². The second-order valence-electron chi connectivity index (χ2n) is 2.69. The van der Waals surface area contributed by atoms with E-state index in [1.54, 1.807) is 0 Å². The van der Waals surface area contributed by atoms with E-state index in [2.05, 4.69) is 4.72 Å². The number of halogens is 1. The predicted molar refractivity (Wildman–Crippen MR) is 54.7 cm³/mol. The second-order valence-corrected chi connectivity index (χ2v) is 5.01. The van der Waals surface area contributed by atoms with E-state index < -0.39 is 16.0 Å². The summed E-state index contributed by atoms with van der Waals surface area (Å²) in [5.41, 5.74) is -0.170. The van der Waals surface area contributed by atoms with Gasteiger partial charge in [0.15, 0.2) is 0 Å². The van der Waals surface area contributed by atoms with Crippen LogP contribution in [0, 0.1) is 0 Å². The fraction of sp³-hybridized carbons (Fsp3) is 0.125. The molecule has 7 heteroatoms. The SMILES string of the molecule is CNS(=O)(=O)c1cc(Cl)cc(C(=O)O)c1. The zero-order chi connectivity index (χ0) is 11.6. The first-order valence-electron chi connectivity index (χ1n) is 3.84. The summed E-state index contributed by atoms with van der Waals surface area (Å²) in [4.78, 5) is 10.5. The number of nitrogens with one attached hydrogen (secondary N) is 1. The van der Waals surface area contributed by atoms with E-state index in [9.17, 15) is 13.2 Å². The molecule has 82 valence electrons. The van der Waals surface area contributed by atoms with Crippen LogP contribution in [0.2, 0.25) is 5.02 Å². The summed E-state index contributed by atoms with van der Waals surface area (Å²) in [7, 11) is -2.44. The summed E-state index contributed by atoms with van der Waals surface area (Å²) in [5, 5.41) is 8.76. The van der Waals surface area contributed by atoms with Gasteiger partial charge in [-0.05, 0) is 25.2 Å². The van der Waals surface area contributed by atoms with E-state index in [0.717, 1.165) is 6.07 Å². The first-order chi connectivity index (χ1) is 6.86. The van der Waals surface area contributed by atoms with Gasteiger partial charge in [-0.15, -0.1) is 0 Å². The van der Waals surface area contributed by atoms with Gasteiger partial charge in [-0.1, -0.05) is 11.6 Å². The summed E-state index contributed by atoms with van der Waals surface area (Å²) >= 11 is 5.60. The summed E-state index contributed by atoms with van der Waals surface area (Å²) in [6.07, 6.45) is 0. The van der Waals surface area contributed by atoms with Crippen LogP contribution in [0.25, 0.3) is 0 Å². The lowest BCUT2D eigenvalue weighted by atomic mass is 10.2. The molecule has 0 fully saturated rings. The Kier molecular flexibility index (Phi) is 3.33. The zero-order valence-corrected chi connectivity index (χ0v) is 9.26. The van der Waals surface area contributed by atoms with Gasteiger partial charge >= 0.3 is 5.97 Å². The van der Waals surface area contributed by atoms with Crippen molar-refractivity contribution in [1.29, 1.82) is 0 Å². The number of carbonyl (C=O) groups is 1. The Morgan fingerprint density at radius 1 is 1.40 bits per heavy atom. The zero-order valence-electron chi connectivity index (χ0n) is 7.69. The molecule has 0 spiro atoms. The molecule has 2 N–H and O–H groups in total. The second kappa shape index (κ2) is 4.18. The van der Waals surface area contributed by atoms with E-state index in [1.165, 1.54) is 19.2 Å². The number of benzene rings is 1. The van der Waals surface area contributed by atoms with Gasteiger partial charge in [0.05, 0.1) is 10.5 Å². The standard InChI is InChI=1S/C8H8ClNO4S/c1-10-15(13,14)7-3-5(8(11)12)2-6(9)4-7/h2-4,10H,1H3,(H,11,12). The summed E-state index contributed by atoms with van der Waals surface area (Å²) < 4.78 is 24.8. The smallest absolute Gasteiger partial charge is 0.335 e. The average molecular weight is 250 g/mol. The van der Waals surface area contributed by atoms with Gasteiger partial charge in [-0.25, -0.2) is 17.9 Å². The van der Waals surface area contributed by atoms with Crippen molar-refractivity contribution >= 4 is 27.6 Å². The minimum atomic E-state index is -3.67. The third kappa shape index (κ3) is 2.68. The highest BCUT2D eigenvalue weighted by molar-refractivity contribution is 7.89. The van der Waals surface area contributed by atoms with E-state index in [4.69, 9.17) is 16.7 Å². The van der Waals surface area contributed by atoms with Crippen LogP contribution in [-0.2, 0) is 10.0 Å². The van der Waals surface area contributed by atoms with E-state index >= 15 is 0 Å². The van der Waals surface area contributed by atoms with E-state index in [1.807, 2.05) is 0 Å². The molecule has 0 aliphatic heterocycles. The molecule has 0 aromatic heterocycles. The summed E-state index contributed by atoms with van der Waals surface area (Å²) in [6.45, 7) is 0. The molecule has 0 heterocycles. The van der Waals surface area contributed by atoms with Crippen LogP contribution in [-0.4, -0.2) is 26.5 Å². The molecule has 0 saturated heterocycles. The highest BCUT2D eigenvalue weighted by Gasteiger charge is 2.15. The van der Waals surface area contributed by atoms with Crippen LogP contribution in [0.3, 0.4) is 0 Å². The highest BCUT2D eigenvalue weighted by atomic mass is 35.5. The molecule has 0 atom stereocenters. The van der Waals surface area contributed by atoms with Crippen molar-refractivity contribution in [3.05, 3.63) is 28.8 Å². The normalized spacial score (nSPS) is 11.3. The number of aromatic carboxylic acids is 1. The molecule has 0 aliphatic rings. The molecular weight excluding hydrogens is 242 g/mol. The lowest BCUT2D eigenvalue weighted by Crippen LogP contribution is -2.19. The molecule has 0 amide bonds. The van der Waals surface area contributed by atoms with Gasteiger partial charge in [0, 0.05) is 5.02 Å². The van der Waals surface area contributed by atoms with Crippen LogP contribution in [0.5, 0.6) is 0 Å². The molecule has 0 radical (unpaired) electrons. The minimum Gasteiger partial charge on any atom is -0.478 e. The van der Waals surface area contributed by atoms with Gasteiger partial charge in [-0.2, -0.15) is 0 Å². The Morgan fingerprint density at radius 2 is 2.00 bits per heavy atom. The Labute approximate surface area is 91.7 Å². The van der Waals surface area contributed by atoms with Crippen molar-refractivity contribution in [2.45, 2.75) is 4.90 Å². The lowest BCUT2D eigenvalue weighted by molar-refractivity contribution is 0.0696. The Bertz CT molecular complexity index is 497. The van der Waals surface area contributed by atoms with Crippen molar-refractivity contribution < 1.29 is 18.3 Å². The van der Waals surface area contributed by atoms with Crippen molar-refractivity contribution in [3.63, 3.8) is 0 Å². The van der Waals surface area contributed by atoms with Gasteiger partial charge in [-0.3, -0.25) is 0 Å². The first-order valence-corrected chi connectivity index (χ1v) is 5.70. The fourth-order valence-corrected chi connectivity index (χ4v) is 2.06. The Morgan fingerprint density at radius 3 is 2.47 bits per heavy atom. The van der Waals surface area contributed by atoms with Gasteiger partial charge in [0.2, 0.25) is 10.0 Å². The number of carboxylic acids is 1. The summed E-state index contributed by atoms with van der Waals surface area (Å²) in [6, 6.07) is 3.40. The maximum absolute atomic E-state index is 11.4. The first kappa shape index (κ1) is 12.0. The quantitative estimate of drug-likeness (QED) is 0.835. The number of sulfonamides is 1. The molecule has 15 heavy (non-hydrogen) atoms. The minimum absolute atomic E-state index is 0.0590. The Hall–Kier alpha value is -1.11. The van der Waals surface area contributed by atoms with Crippen LogP contribution in [0.4, 0.5) is 0 Å². The largest absolute Gasteiger partial charge is 0.478 e. The molecule has 5 nitrogen and oxygen atoms in total. The van der Waals surface area contributed by atoms with Crippen molar-refractivity contribution in [1.82, 2.24) is 4.72 Å². The molecule has 0 aliphatic carbocycles. The number of hydrogen-bond donors (Lipinski definition) is 2. The molecule has 1 aromatic carbocycles. The number of carboxylic acid groups (broad SMARTS) is 1. The van der Waals surface area contributed by atoms with E-state index in [0.29, 0.717) is 0 Å². The third-order valence-electron chi connectivity index (χ3n) is 1.70. The molecule has 0 saturated carbocycles. The predicted octanol–water partition coefficient (Wildman–Crippen LogP) is 0.946. The van der Waals surface area contributed by atoms with Crippen LogP contribution in [0.1, 0.15) is 10.4 Å². The monoisotopic (exact) mass is 249 g/mol. The van der Waals surface area contributed by atoms with E-state index in [-0.39, 0.29) is 15.5 Å². The number of hydrogen-bond acceptors (Lipinski definition) is 3. The maximum Gasteiger partial charge on any atom is 0.335 e. The van der Waals surface area contributed by atoms with Crippen molar-refractivity contribution in [2.24, 2.45) is 0 Å². The molecule has 0 bridgehead atoms. The number of rotatable bonds is 3. The molecule has 1 rings (SSSR count). The van der Waals surface area contributed by atoms with Gasteiger partial charge in [0.25, 0.3) is 0 Å².